The summed E-state index contributed by atoms with van der Waals surface area (Å²) in [4.78, 5) is 0. The molecule has 0 amide bonds. The first-order valence-corrected chi connectivity index (χ1v) is 2.74. The Bertz CT molecular complexity index is 251. The summed E-state index contributed by atoms with van der Waals surface area (Å²) in [6, 6.07) is 4.54. The number of hydrogen-bond acceptors (Lipinski definition) is 0. The molecule has 0 spiro atoms. The normalized spacial score (nSPS) is 11.6. The van der Waals surface area contributed by atoms with Gasteiger partial charge in [-0.1, -0.05) is 6.07 Å². The van der Waals surface area contributed by atoms with E-state index in [1.54, 1.807) is 0 Å². The standard InChI is InChI=1S/C7H3F4/c8-6-4-2-1-3-5(6)7(9,10)11/h2-4H. The van der Waals surface area contributed by atoms with E-state index in [1.165, 1.54) is 0 Å². The molecule has 0 heterocycles. The Labute approximate surface area is 60.5 Å². The number of alkyl halides is 3. The smallest absolute Gasteiger partial charge is 0.206 e. The van der Waals surface area contributed by atoms with Crippen molar-refractivity contribution in [3.63, 3.8) is 0 Å². The molecule has 11 heavy (non-hydrogen) atoms. The van der Waals surface area contributed by atoms with Crippen LogP contribution in [0.5, 0.6) is 0 Å². The van der Waals surface area contributed by atoms with E-state index in [4.69, 9.17) is 0 Å². The van der Waals surface area contributed by atoms with Crippen molar-refractivity contribution < 1.29 is 17.6 Å². The van der Waals surface area contributed by atoms with Gasteiger partial charge < -0.3 is 0 Å². The van der Waals surface area contributed by atoms with Crippen LogP contribution in [0.1, 0.15) is 5.56 Å². The van der Waals surface area contributed by atoms with Crippen LogP contribution in [0.25, 0.3) is 0 Å². The molecule has 1 rings (SSSR count). The molecule has 0 saturated carbocycles. The predicted molar refractivity (Wildman–Crippen MR) is 30.2 cm³/mol. The summed E-state index contributed by atoms with van der Waals surface area (Å²) in [7, 11) is 0. The van der Waals surface area contributed by atoms with Gasteiger partial charge in [0.2, 0.25) is 0 Å². The van der Waals surface area contributed by atoms with E-state index in [2.05, 4.69) is 6.07 Å². The second-order valence-electron chi connectivity index (χ2n) is 1.90. The maximum absolute atomic E-state index is 12.3. The van der Waals surface area contributed by atoms with Crippen molar-refractivity contribution >= 4 is 0 Å². The largest absolute Gasteiger partial charge is 0.419 e. The molecule has 0 aromatic heterocycles. The van der Waals surface area contributed by atoms with Crippen LogP contribution in [0.3, 0.4) is 0 Å². The van der Waals surface area contributed by atoms with Crippen LogP contribution >= 0.6 is 0 Å². The highest BCUT2D eigenvalue weighted by molar-refractivity contribution is 5.19. The molecule has 0 atom stereocenters. The molecule has 0 aliphatic heterocycles. The molecule has 4 heteroatoms. The molecule has 0 aliphatic rings. The molecule has 59 valence electrons. The van der Waals surface area contributed by atoms with Gasteiger partial charge >= 0.3 is 6.18 Å². The van der Waals surface area contributed by atoms with Crippen molar-refractivity contribution in [1.82, 2.24) is 0 Å². The maximum Gasteiger partial charge on any atom is 0.419 e. The number of halogens is 4. The van der Waals surface area contributed by atoms with Crippen molar-refractivity contribution in [2.75, 3.05) is 0 Å². The molecule has 0 unspecified atom stereocenters. The van der Waals surface area contributed by atoms with E-state index in [0.717, 1.165) is 12.1 Å². The SMILES string of the molecule is Fc1cc[c]cc1C(F)(F)F. The third-order valence-electron chi connectivity index (χ3n) is 1.12. The highest BCUT2D eigenvalue weighted by atomic mass is 19.4. The summed E-state index contributed by atoms with van der Waals surface area (Å²) in [6.07, 6.45) is -4.62. The van der Waals surface area contributed by atoms with Crippen LogP contribution in [-0.2, 0) is 6.18 Å². The molecule has 0 bridgehead atoms. The summed E-state index contributed by atoms with van der Waals surface area (Å²) in [5.74, 6) is -1.27. The van der Waals surface area contributed by atoms with E-state index < -0.39 is 17.6 Å². The quantitative estimate of drug-likeness (QED) is 0.515. The Morgan fingerprint density at radius 2 is 1.91 bits per heavy atom. The predicted octanol–water partition coefficient (Wildman–Crippen LogP) is 2.64. The van der Waals surface area contributed by atoms with Gasteiger partial charge in [0.05, 0.1) is 5.56 Å². The Balaban J connectivity index is 3.14. The van der Waals surface area contributed by atoms with E-state index >= 15 is 0 Å². The van der Waals surface area contributed by atoms with Crippen LogP contribution in [0, 0.1) is 11.9 Å². The summed E-state index contributed by atoms with van der Waals surface area (Å²) >= 11 is 0. The zero-order chi connectivity index (χ0) is 8.48. The van der Waals surface area contributed by atoms with Crippen LogP contribution in [0.15, 0.2) is 18.2 Å². The first kappa shape index (κ1) is 8.04. The van der Waals surface area contributed by atoms with Crippen LogP contribution in [-0.4, -0.2) is 0 Å². The summed E-state index contributed by atoms with van der Waals surface area (Å²) < 4.78 is 47.7. The molecule has 0 fully saturated rings. The number of benzene rings is 1. The average molecular weight is 163 g/mol. The average Bonchev–Trinajstić information content (AvgIpc) is 1.86. The minimum atomic E-state index is -4.62. The highest BCUT2D eigenvalue weighted by Crippen LogP contribution is 2.30. The third kappa shape index (κ3) is 1.69. The third-order valence-corrected chi connectivity index (χ3v) is 1.12. The van der Waals surface area contributed by atoms with Gasteiger partial charge in [-0.15, -0.1) is 0 Å². The zero-order valence-electron chi connectivity index (χ0n) is 5.24. The number of rotatable bonds is 0. The van der Waals surface area contributed by atoms with Crippen molar-refractivity contribution in [1.29, 1.82) is 0 Å². The van der Waals surface area contributed by atoms with Gasteiger partial charge in [0.15, 0.2) is 0 Å². The van der Waals surface area contributed by atoms with Gasteiger partial charge in [-0.3, -0.25) is 0 Å². The van der Waals surface area contributed by atoms with Crippen LogP contribution in [0.4, 0.5) is 17.6 Å². The minimum absolute atomic E-state index is 0.579. The first-order chi connectivity index (χ1) is 5.02. The molecule has 0 saturated heterocycles. The maximum atomic E-state index is 12.3. The monoisotopic (exact) mass is 163 g/mol. The molecular weight excluding hydrogens is 160 g/mol. The molecule has 0 nitrogen and oxygen atoms in total. The van der Waals surface area contributed by atoms with E-state index in [-0.39, 0.29) is 0 Å². The fourth-order valence-electron chi connectivity index (χ4n) is 0.629. The van der Waals surface area contributed by atoms with Gasteiger partial charge in [-0.05, 0) is 18.2 Å². The molecule has 0 N–H and O–H groups in total. The Morgan fingerprint density at radius 3 is 2.27 bits per heavy atom. The lowest BCUT2D eigenvalue weighted by molar-refractivity contribution is -0.140. The first-order valence-electron chi connectivity index (χ1n) is 2.74. The number of hydrogen-bond donors (Lipinski definition) is 0. The molecule has 1 aromatic rings. The molecule has 1 radical (unpaired) electrons. The van der Waals surface area contributed by atoms with Gasteiger partial charge in [0, 0.05) is 0 Å². The fourth-order valence-corrected chi connectivity index (χ4v) is 0.629. The van der Waals surface area contributed by atoms with Gasteiger partial charge in [-0.25, -0.2) is 4.39 Å². The van der Waals surface area contributed by atoms with Crippen molar-refractivity contribution in [2.45, 2.75) is 6.18 Å². The summed E-state index contributed by atoms with van der Waals surface area (Å²) in [6.45, 7) is 0. The Morgan fingerprint density at radius 1 is 1.27 bits per heavy atom. The lowest BCUT2D eigenvalue weighted by atomic mass is 10.2. The Hall–Kier alpha value is -1.06. The van der Waals surface area contributed by atoms with Crippen molar-refractivity contribution in [3.8, 4) is 0 Å². The topological polar surface area (TPSA) is 0 Å². The van der Waals surface area contributed by atoms with E-state index in [1.807, 2.05) is 0 Å². The zero-order valence-corrected chi connectivity index (χ0v) is 5.24. The van der Waals surface area contributed by atoms with Gasteiger partial charge in [0.25, 0.3) is 0 Å². The second kappa shape index (κ2) is 2.53. The van der Waals surface area contributed by atoms with Crippen molar-refractivity contribution in [2.24, 2.45) is 0 Å². The Kier molecular flexibility index (Phi) is 1.85. The lowest BCUT2D eigenvalue weighted by Gasteiger charge is -2.05. The fraction of sp³-hybridized carbons (Fsp3) is 0.143. The summed E-state index contributed by atoms with van der Waals surface area (Å²) in [5.41, 5.74) is -1.28. The lowest BCUT2D eigenvalue weighted by Crippen LogP contribution is -2.07. The van der Waals surface area contributed by atoms with E-state index in [9.17, 15) is 17.6 Å². The minimum Gasteiger partial charge on any atom is -0.206 e. The van der Waals surface area contributed by atoms with Crippen molar-refractivity contribution in [3.05, 3.63) is 35.6 Å². The van der Waals surface area contributed by atoms with Crippen LogP contribution in [0.2, 0.25) is 0 Å². The summed E-state index contributed by atoms with van der Waals surface area (Å²) in [5, 5.41) is 0. The van der Waals surface area contributed by atoms with Crippen LogP contribution < -0.4 is 0 Å². The second-order valence-corrected chi connectivity index (χ2v) is 1.90. The van der Waals surface area contributed by atoms with E-state index in [0.29, 0.717) is 6.07 Å². The highest BCUT2D eigenvalue weighted by Gasteiger charge is 2.33. The molecule has 1 aromatic carbocycles. The molecular formula is C7H3F4. The van der Waals surface area contributed by atoms with Gasteiger partial charge in [0.1, 0.15) is 5.82 Å². The van der Waals surface area contributed by atoms with Gasteiger partial charge in [-0.2, -0.15) is 13.2 Å². The molecule has 0 aliphatic carbocycles.